The molecule has 1 aromatic heterocycles. The average molecular weight is 466 g/mol. The van der Waals surface area contributed by atoms with Gasteiger partial charge in [0.25, 0.3) is 10.0 Å². The van der Waals surface area contributed by atoms with Crippen LogP contribution in [0.15, 0.2) is 59.5 Å². The molecule has 3 aromatic rings. The first-order valence-corrected chi connectivity index (χ1v) is 13.0. The van der Waals surface area contributed by atoms with Gasteiger partial charge in [-0.2, -0.15) is 0 Å². The molecule has 1 aliphatic rings. The Morgan fingerprint density at radius 2 is 1.82 bits per heavy atom. The van der Waals surface area contributed by atoms with Gasteiger partial charge in [0.15, 0.2) is 0 Å². The number of benzene rings is 2. The van der Waals surface area contributed by atoms with Crippen molar-refractivity contribution in [2.75, 3.05) is 32.8 Å². The van der Waals surface area contributed by atoms with E-state index in [-0.39, 0.29) is 4.90 Å². The number of nitrogens with zero attached hydrogens (tertiary/aromatic N) is 2. The summed E-state index contributed by atoms with van der Waals surface area (Å²) in [5.41, 5.74) is 1.25. The summed E-state index contributed by atoms with van der Waals surface area (Å²) < 4.78 is 34.3. The van der Waals surface area contributed by atoms with Gasteiger partial charge in [-0.25, -0.2) is 12.4 Å². The van der Waals surface area contributed by atoms with E-state index in [0.717, 1.165) is 24.1 Å². The minimum Gasteiger partial charge on any atom is -0.494 e. The van der Waals surface area contributed by atoms with Crippen LogP contribution in [0.5, 0.6) is 5.75 Å². The molecule has 0 amide bonds. The number of nitrogens with one attached hydrogen (secondary N) is 1. The van der Waals surface area contributed by atoms with E-state index in [9.17, 15) is 8.42 Å². The highest BCUT2D eigenvalue weighted by Crippen LogP contribution is 2.29. The van der Waals surface area contributed by atoms with Crippen LogP contribution in [0.1, 0.15) is 31.4 Å². The van der Waals surface area contributed by atoms with Crippen molar-refractivity contribution < 1.29 is 13.2 Å². The lowest BCUT2D eigenvalue weighted by Crippen LogP contribution is -2.31. The number of rotatable bonds is 10. The van der Waals surface area contributed by atoms with E-state index in [1.165, 1.54) is 36.3 Å². The van der Waals surface area contributed by atoms with Crippen LogP contribution >= 0.6 is 0 Å². The maximum absolute atomic E-state index is 13.5. The summed E-state index contributed by atoms with van der Waals surface area (Å²) in [6, 6.07) is 15.9. The van der Waals surface area contributed by atoms with Gasteiger partial charge in [-0.3, -0.25) is 0 Å². The molecule has 2 heterocycles. The zero-order valence-corrected chi connectivity index (χ0v) is 19.7. The number of aromatic nitrogens is 1. The molecule has 0 radical (unpaired) electrons. The second-order valence-corrected chi connectivity index (χ2v) is 10.1. The van der Waals surface area contributed by atoms with E-state index in [4.69, 9.17) is 11.2 Å². The lowest BCUT2D eigenvalue weighted by atomic mass is 10.1. The molecule has 2 aromatic carbocycles. The predicted molar refractivity (Wildman–Crippen MR) is 132 cm³/mol. The molecule has 1 N–H and O–H groups in total. The Morgan fingerprint density at radius 1 is 1.03 bits per heavy atom. The highest BCUT2D eigenvalue weighted by atomic mass is 32.2. The molecule has 7 heteroatoms. The molecule has 1 fully saturated rings. The number of likely N-dealkylation sites (tertiary alicyclic amines) is 1. The fraction of sp³-hybridized carbons (Fsp3) is 0.385. The second kappa shape index (κ2) is 10.9. The van der Waals surface area contributed by atoms with Crippen LogP contribution in [0.3, 0.4) is 0 Å². The number of fused-ring (bicyclic) bond motifs is 1. The quantitative estimate of drug-likeness (QED) is 0.364. The Kier molecular flexibility index (Phi) is 7.71. The summed E-state index contributed by atoms with van der Waals surface area (Å²) in [5.74, 6) is 3.28. The summed E-state index contributed by atoms with van der Waals surface area (Å²) in [6.07, 6.45) is 10.2. The molecule has 174 valence electrons. The van der Waals surface area contributed by atoms with E-state index in [1.807, 2.05) is 24.3 Å². The maximum atomic E-state index is 13.5. The van der Waals surface area contributed by atoms with E-state index in [0.29, 0.717) is 30.9 Å². The van der Waals surface area contributed by atoms with Crippen molar-refractivity contribution in [3.05, 3.63) is 60.3 Å². The van der Waals surface area contributed by atoms with E-state index in [1.54, 1.807) is 30.3 Å². The Morgan fingerprint density at radius 3 is 2.58 bits per heavy atom. The molecule has 0 atom stereocenters. The lowest BCUT2D eigenvalue weighted by Gasteiger charge is -2.26. The Labute approximate surface area is 196 Å². The monoisotopic (exact) mass is 465 g/mol. The standard InChI is InChI=1S/C26H31N3O3S/c1-2-14-27-21-23-19-22-20-24(32-18-9-17-28-15-7-4-8-16-28)12-13-26(22)29(23)33(30,31)25-10-5-3-6-11-25/h1,3,5-6,10-13,19-20,27H,4,7-9,14-18,21H2. The van der Waals surface area contributed by atoms with Crippen LogP contribution in [-0.4, -0.2) is 50.1 Å². The largest absolute Gasteiger partial charge is 0.494 e. The van der Waals surface area contributed by atoms with Crippen LogP contribution in [0.4, 0.5) is 0 Å². The van der Waals surface area contributed by atoms with Gasteiger partial charge in [0.1, 0.15) is 5.75 Å². The molecule has 33 heavy (non-hydrogen) atoms. The summed E-state index contributed by atoms with van der Waals surface area (Å²) in [6.45, 7) is 4.77. The van der Waals surface area contributed by atoms with Gasteiger partial charge in [0.2, 0.25) is 0 Å². The SMILES string of the molecule is C#CCNCc1cc2cc(OCCCN3CCCCC3)ccc2n1S(=O)(=O)c1ccccc1. The maximum Gasteiger partial charge on any atom is 0.268 e. The molecule has 0 unspecified atom stereocenters. The third kappa shape index (κ3) is 5.59. The van der Waals surface area contributed by atoms with E-state index < -0.39 is 10.0 Å². The molecule has 0 saturated carbocycles. The predicted octanol–water partition coefficient (Wildman–Crippen LogP) is 3.86. The topological polar surface area (TPSA) is 63.6 Å². The van der Waals surface area contributed by atoms with Crippen LogP contribution in [0, 0.1) is 12.3 Å². The first kappa shape index (κ1) is 23.4. The van der Waals surface area contributed by atoms with E-state index in [2.05, 4.69) is 16.1 Å². The number of piperidine rings is 1. The molecule has 0 aliphatic carbocycles. The smallest absolute Gasteiger partial charge is 0.268 e. The van der Waals surface area contributed by atoms with Crippen LogP contribution in [-0.2, 0) is 16.6 Å². The minimum atomic E-state index is -3.76. The molecule has 0 bridgehead atoms. The van der Waals surface area contributed by atoms with Gasteiger partial charge in [0.05, 0.1) is 23.6 Å². The van der Waals surface area contributed by atoms with Gasteiger partial charge in [-0.15, -0.1) is 6.42 Å². The van der Waals surface area contributed by atoms with Crippen molar-refractivity contribution in [1.82, 2.24) is 14.2 Å². The van der Waals surface area contributed by atoms with Gasteiger partial charge >= 0.3 is 0 Å². The Hall–Kier alpha value is -2.79. The number of hydrogen-bond donors (Lipinski definition) is 1. The molecular weight excluding hydrogens is 434 g/mol. The molecule has 4 rings (SSSR count). The van der Waals surface area contributed by atoms with Crippen LogP contribution in [0.25, 0.3) is 10.9 Å². The summed E-state index contributed by atoms with van der Waals surface area (Å²) >= 11 is 0. The zero-order valence-electron chi connectivity index (χ0n) is 18.9. The summed E-state index contributed by atoms with van der Waals surface area (Å²) in [5, 5.41) is 3.93. The Balaban J connectivity index is 1.55. The van der Waals surface area contributed by atoms with Gasteiger partial charge in [-0.05, 0) is 68.8 Å². The molecule has 1 aliphatic heterocycles. The van der Waals surface area contributed by atoms with Crippen molar-refractivity contribution in [2.24, 2.45) is 0 Å². The molecular formula is C26H31N3O3S. The molecule has 6 nitrogen and oxygen atoms in total. The van der Waals surface area contributed by atoms with Crippen molar-refractivity contribution >= 4 is 20.9 Å². The fourth-order valence-electron chi connectivity index (χ4n) is 4.34. The van der Waals surface area contributed by atoms with Crippen molar-refractivity contribution in [3.8, 4) is 18.1 Å². The zero-order chi connectivity index (χ0) is 23.1. The van der Waals surface area contributed by atoms with Gasteiger partial charge in [-0.1, -0.05) is 30.5 Å². The van der Waals surface area contributed by atoms with Gasteiger partial charge < -0.3 is 15.0 Å². The highest BCUT2D eigenvalue weighted by molar-refractivity contribution is 7.90. The third-order valence-corrected chi connectivity index (χ3v) is 7.73. The molecule has 0 spiro atoms. The lowest BCUT2D eigenvalue weighted by molar-refractivity contribution is 0.205. The molecule has 1 saturated heterocycles. The first-order chi connectivity index (χ1) is 16.1. The summed E-state index contributed by atoms with van der Waals surface area (Å²) in [7, 11) is -3.76. The number of ether oxygens (including phenoxy) is 1. The number of hydrogen-bond acceptors (Lipinski definition) is 5. The van der Waals surface area contributed by atoms with Crippen molar-refractivity contribution in [1.29, 1.82) is 0 Å². The van der Waals surface area contributed by atoms with E-state index >= 15 is 0 Å². The number of terminal acetylenes is 1. The third-order valence-electron chi connectivity index (χ3n) is 5.95. The van der Waals surface area contributed by atoms with Crippen LogP contribution < -0.4 is 10.1 Å². The second-order valence-electron chi connectivity index (χ2n) is 8.35. The highest BCUT2D eigenvalue weighted by Gasteiger charge is 2.23. The normalized spacial score (nSPS) is 14.9. The van der Waals surface area contributed by atoms with Crippen molar-refractivity contribution in [3.63, 3.8) is 0 Å². The van der Waals surface area contributed by atoms with Crippen molar-refractivity contribution in [2.45, 2.75) is 37.1 Å². The fourth-order valence-corrected chi connectivity index (χ4v) is 5.91. The van der Waals surface area contributed by atoms with Gasteiger partial charge in [0, 0.05) is 24.2 Å². The van der Waals surface area contributed by atoms with Crippen LogP contribution in [0.2, 0.25) is 0 Å². The Bertz CT molecular complexity index is 1210. The minimum absolute atomic E-state index is 0.249. The average Bonchev–Trinajstić information content (AvgIpc) is 3.21. The summed E-state index contributed by atoms with van der Waals surface area (Å²) in [4.78, 5) is 2.75. The first-order valence-electron chi connectivity index (χ1n) is 11.5.